The molecule has 1 N–H and O–H groups in total. The van der Waals surface area contributed by atoms with Crippen LogP contribution in [0.4, 0.5) is 5.13 Å². The second-order valence-corrected chi connectivity index (χ2v) is 4.90. The van der Waals surface area contributed by atoms with Gasteiger partial charge in [-0.1, -0.05) is 11.3 Å². The highest BCUT2D eigenvalue weighted by atomic mass is 127. The maximum absolute atomic E-state index is 4.35. The molecule has 0 aliphatic heterocycles. The first kappa shape index (κ1) is 8.71. The minimum atomic E-state index is 0.895. The lowest BCUT2D eigenvalue weighted by Gasteiger charge is -1.86. The zero-order valence-electron chi connectivity index (χ0n) is 5.84. The lowest BCUT2D eigenvalue weighted by atomic mass is 10.3. The van der Waals surface area contributed by atoms with Crippen LogP contribution in [0.25, 0.3) is 10.2 Å². The highest BCUT2D eigenvalue weighted by molar-refractivity contribution is 14.1. The van der Waals surface area contributed by atoms with Gasteiger partial charge in [-0.05, 0) is 40.8 Å². The summed E-state index contributed by atoms with van der Waals surface area (Å²) in [6.07, 6.45) is 0. The van der Waals surface area contributed by atoms with Crippen LogP contribution in [0, 0.1) is 3.57 Å². The monoisotopic (exact) mass is 354 g/mol. The van der Waals surface area contributed by atoms with E-state index in [0.717, 1.165) is 10.6 Å². The number of nitrogens with zero attached hydrogens (tertiary/aromatic N) is 1. The predicted octanol–water partition coefficient (Wildman–Crippen LogP) is 3.62. The maximum atomic E-state index is 4.35. The second-order valence-electron chi connectivity index (χ2n) is 2.23. The molecule has 0 radical (unpaired) electrons. The second kappa shape index (κ2) is 3.47. The van der Waals surface area contributed by atoms with Gasteiger partial charge >= 0.3 is 0 Å². The van der Waals surface area contributed by atoms with E-state index in [1.165, 1.54) is 8.27 Å². The van der Waals surface area contributed by atoms with Gasteiger partial charge < -0.3 is 0 Å². The molecule has 0 saturated heterocycles. The summed E-state index contributed by atoms with van der Waals surface area (Å²) in [4.78, 5) is 4.35. The Balaban J connectivity index is 2.67. The lowest BCUT2D eigenvalue weighted by Crippen LogP contribution is -1.74. The fraction of sp³-hybridized carbons (Fsp3) is 0. The van der Waals surface area contributed by atoms with Crippen LogP contribution in [-0.2, 0) is 0 Å². The molecule has 1 aromatic heterocycles. The van der Waals surface area contributed by atoms with E-state index in [1.807, 2.05) is 0 Å². The Morgan fingerprint density at radius 1 is 1.50 bits per heavy atom. The Morgan fingerprint density at radius 2 is 2.33 bits per heavy atom. The van der Waals surface area contributed by atoms with Crippen LogP contribution in [-0.4, -0.2) is 4.98 Å². The molecule has 12 heavy (non-hydrogen) atoms. The van der Waals surface area contributed by atoms with E-state index in [9.17, 15) is 0 Å². The van der Waals surface area contributed by atoms with Gasteiger partial charge in [-0.2, -0.15) is 0 Å². The molecule has 0 aliphatic carbocycles. The molecule has 0 unspecified atom stereocenters. The molecule has 1 aromatic carbocycles. The van der Waals surface area contributed by atoms with Gasteiger partial charge in [0, 0.05) is 19.7 Å². The van der Waals surface area contributed by atoms with Crippen molar-refractivity contribution in [2.75, 3.05) is 4.34 Å². The van der Waals surface area contributed by atoms with Gasteiger partial charge in [-0.15, -0.1) is 0 Å². The third kappa shape index (κ3) is 1.57. The largest absolute Gasteiger partial charge is 0.298 e. The zero-order valence-corrected chi connectivity index (χ0v) is 10.4. The van der Waals surface area contributed by atoms with E-state index >= 15 is 0 Å². The fourth-order valence-electron chi connectivity index (χ4n) is 0.941. The number of anilines is 1. The molecule has 2 aromatic rings. The molecule has 0 aliphatic rings. The Morgan fingerprint density at radius 3 is 3.08 bits per heavy atom. The predicted molar refractivity (Wildman–Crippen MR) is 64.9 cm³/mol. The molecule has 62 valence electrons. The van der Waals surface area contributed by atoms with Crippen molar-refractivity contribution in [3.05, 3.63) is 21.8 Å². The quantitative estimate of drug-likeness (QED) is 0.625. The highest BCUT2D eigenvalue weighted by Gasteiger charge is 2.01. The molecular formula is C7H4BrIN2S. The Bertz CT molecular complexity index is 415. The summed E-state index contributed by atoms with van der Waals surface area (Å²) in [6.45, 7) is 0. The fourth-order valence-corrected chi connectivity index (χ4v) is 2.48. The van der Waals surface area contributed by atoms with E-state index < -0.39 is 0 Å². The van der Waals surface area contributed by atoms with Gasteiger partial charge in [0.2, 0.25) is 0 Å². The van der Waals surface area contributed by atoms with Gasteiger partial charge in [0.25, 0.3) is 0 Å². The van der Waals surface area contributed by atoms with Crippen molar-refractivity contribution in [1.82, 2.24) is 4.98 Å². The lowest BCUT2D eigenvalue weighted by molar-refractivity contribution is 1.49. The Kier molecular flexibility index (Phi) is 2.52. The molecule has 5 heteroatoms. The van der Waals surface area contributed by atoms with Crippen molar-refractivity contribution in [3.63, 3.8) is 0 Å². The van der Waals surface area contributed by atoms with Crippen molar-refractivity contribution in [2.24, 2.45) is 0 Å². The summed E-state index contributed by atoms with van der Waals surface area (Å²) >= 11 is 7.07. The summed E-state index contributed by atoms with van der Waals surface area (Å²) in [5.74, 6) is 0. The Labute approximate surface area is 95.9 Å². The van der Waals surface area contributed by atoms with Crippen LogP contribution in [0.15, 0.2) is 18.2 Å². The number of benzene rings is 1. The van der Waals surface area contributed by atoms with Crippen LogP contribution in [0.2, 0.25) is 0 Å². The van der Waals surface area contributed by atoms with E-state index in [1.54, 1.807) is 11.3 Å². The molecule has 1 heterocycles. The van der Waals surface area contributed by atoms with Crippen molar-refractivity contribution in [2.45, 2.75) is 0 Å². The third-order valence-electron chi connectivity index (χ3n) is 1.43. The van der Waals surface area contributed by atoms with E-state index in [0.29, 0.717) is 0 Å². The molecule has 0 amide bonds. The van der Waals surface area contributed by atoms with E-state index in [4.69, 9.17) is 0 Å². The van der Waals surface area contributed by atoms with Crippen molar-refractivity contribution in [3.8, 4) is 0 Å². The van der Waals surface area contributed by atoms with Crippen molar-refractivity contribution >= 4 is 65.4 Å². The van der Waals surface area contributed by atoms with Gasteiger partial charge in [0.05, 0.1) is 10.2 Å². The number of fused-ring (bicyclic) bond motifs is 1. The van der Waals surface area contributed by atoms with Gasteiger partial charge in [-0.3, -0.25) is 4.34 Å². The smallest absolute Gasteiger partial charge is 0.193 e. The first-order chi connectivity index (χ1) is 5.79. The number of hydrogen-bond donors (Lipinski definition) is 1. The van der Waals surface area contributed by atoms with E-state index in [-0.39, 0.29) is 0 Å². The SMILES string of the molecule is BrNc1nc2cc(I)ccc2s1. The molecule has 0 atom stereocenters. The Hall–Kier alpha value is 0.120. The number of thiazole rings is 1. The van der Waals surface area contributed by atoms with Crippen LogP contribution in [0.1, 0.15) is 0 Å². The average molecular weight is 355 g/mol. The first-order valence-electron chi connectivity index (χ1n) is 3.22. The molecule has 0 saturated carbocycles. The number of halogens is 2. The molecule has 0 spiro atoms. The van der Waals surface area contributed by atoms with Crippen molar-refractivity contribution < 1.29 is 0 Å². The van der Waals surface area contributed by atoms with Gasteiger partial charge in [0.1, 0.15) is 0 Å². The van der Waals surface area contributed by atoms with Gasteiger partial charge in [0.15, 0.2) is 5.13 Å². The van der Waals surface area contributed by atoms with Crippen LogP contribution in [0.3, 0.4) is 0 Å². The molecule has 2 rings (SSSR count). The summed E-state index contributed by atoms with van der Waals surface area (Å²) in [5, 5.41) is 0.895. The normalized spacial score (nSPS) is 10.5. The molecule has 2 nitrogen and oxygen atoms in total. The third-order valence-corrected chi connectivity index (χ3v) is 3.69. The van der Waals surface area contributed by atoms with Crippen molar-refractivity contribution in [1.29, 1.82) is 0 Å². The molecule has 0 bridgehead atoms. The van der Waals surface area contributed by atoms with E-state index in [2.05, 4.69) is 66.3 Å². The highest BCUT2D eigenvalue weighted by Crippen LogP contribution is 2.27. The minimum Gasteiger partial charge on any atom is -0.298 e. The van der Waals surface area contributed by atoms with Gasteiger partial charge in [-0.25, -0.2) is 4.98 Å². The topological polar surface area (TPSA) is 24.9 Å². The minimum absolute atomic E-state index is 0.895. The first-order valence-corrected chi connectivity index (χ1v) is 5.91. The van der Waals surface area contributed by atoms with Crippen LogP contribution < -0.4 is 4.34 Å². The average Bonchev–Trinajstić information content (AvgIpc) is 2.46. The summed E-state index contributed by atoms with van der Waals surface area (Å²) < 4.78 is 5.27. The number of hydrogen-bond acceptors (Lipinski definition) is 3. The number of aromatic nitrogens is 1. The maximum Gasteiger partial charge on any atom is 0.193 e. The summed E-state index contributed by atoms with van der Waals surface area (Å²) in [7, 11) is 0. The molecular weight excluding hydrogens is 351 g/mol. The summed E-state index contributed by atoms with van der Waals surface area (Å²) in [6, 6.07) is 6.24. The van der Waals surface area contributed by atoms with Crippen LogP contribution in [0.5, 0.6) is 0 Å². The number of rotatable bonds is 1. The summed E-state index contributed by atoms with van der Waals surface area (Å²) in [5.41, 5.74) is 1.05. The zero-order chi connectivity index (χ0) is 8.55. The number of nitrogens with one attached hydrogen (secondary N) is 1. The standard InChI is InChI=1S/C7H4BrIN2S/c8-11-7-10-5-3-4(9)1-2-6(5)12-7/h1-3H,(H,10,11). The van der Waals surface area contributed by atoms with Crippen LogP contribution >= 0.6 is 50.1 Å². The molecule has 0 fully saturated rings.